The Morgan fingerprint density at radius 2 is 1.94 bits per heavy atom. The van der Waals surface area contributed by atoms with Crippen LogP contribution < -0.4 is 5.32 Å². The maximum Gasteiger partial charge on any atom is 0.258 e. The maximum absolute atomic E-state index is 13.3. The van der Waals surface area contributed by atoms with Crippen molar-refractivity contribution in [2.75, 3.05) is 26.2 Å². The van der Waals surface area contributed by atoms with Gasteiger partial charge in [-0.25, -0.2) is 8.78 Å². The van der Waals surface area contributed by atoms with Gasteiger partial charge in [-0.15, -0.1) is 0 Å². The van der Waals surface area contributed by atoms with Crippen molar-refractivity contribution < 1.29 is 13.9 Å². The topological polar surface area (TPSA) is 35.5 Å². The van der Waals surface area contributed by atoms with Crippen LogP contribution in [0.4, 0.5) is 8.78 Å². The van der Waals surface area contributed by atoms with E-state index in [9.17, 15) is 13.9 Å². The zero-order chi connectivity index (χ0) is 13.1. The molecule has 0 unspecified atom stereocenters. The fraction of sp³-hybridized carbons (Fsp3) is 0.538. The zero-order valence-electron chi connectivity index (χ0n) is 10.4. The summed E-state index contributed by atoms with van der Waals surface area (Å²) >= 11 is 0. The molecule has 1 aliphatic rings. The number of phenolic OH excluding ortho intramolecular Hbond substituents is 1. The minimum Gasteiger partial charge on any atom is -0.508 e. The van der Waals surface area contributed by atoms with E-state index < -0.39 is 12.5 Å². The Labute approximate surface area is 105 Å². The summed E-state index contributed by atoms with van der Waals surface area (Å²) in [6, 6.07) is 3.84. The average Bonchev–Trinajstić information content (AvgIpc) is 2.35. The Bertz CT molecular complexity index is 406. The SMILES string of the molecule is Cc1ccc(O)c([C@@H](C(F)F)N2CCNCC2)c1. The largest absolute Gasteiger partial charge is 0.508 e. The lowest BCUT2D eigenvalue weighted by Crippen LogP contribution is -2.46. The van der Waals surface area contributed by atoms with Crippen molar-refractivity contribution in [2.24, 2.45) is 0 Å². The fourth-order valence-corrected chi connectivity index (χ4v) is 2.36. The quantitative estimate of drug-likeness (QED) is 0.867. The number of hydrogen-bond donors (Lipinski definition) is 2. The highest BCUT2D eigenvalue weighted by Gasteiger charge is 2.31. The van der Waals surface area contributed by atoms with Crippen molar-refractivity contribution >= 4 is 0 Å². The van der Waals surface area contributed by atoms with Gasteiger partial charge in [0.25, 0.3) is 6.43 Å². The van der Waals surface area contributed by atoms with Crippen molar-refractivity contribution in [3.05, 3.63) is 29.3 Å². The van der Waals surface area contributed by atoms with Crippen LogP contribution in [0.5, 0.6) is 5.75 Å². The highest BCUT2D eigenvalue weighted by atomic mass is 19.3. The molecule has 2 N–H and O–H groups in total. The molecule has 1 aliphatic heterocycles. The summed E-state index contributed by atoms with van der Waals surface area (Å²) in [7, 11) is 0. The second-order valence-corrected chi connectivity index (χ2v) is 4.63. The van der Waals surface area contributed by atoms with Crippen molar-refractivity contribution in [3.8, 4) is 5.75 Å². The average molecular weight is 256 g/mol. The van der Waals surface area contributed by atoms with Gasteiger partial charge in [0.2, 0.25) is 0 Å². The number of nitrogens with one attached hydrogen (secondary N) is 1. The first-order valence-electron chi connectivity index (χ1n) is 6.12. The van der Waals surface area contributed by atoms with Gasteiger partial charge in [0, 0.05) is 31.7 Å². The molecule has 1 heterocycles. The maximum atomic E-state index is 13.3. The van der Waals surface area contributed by atoms with Crippen LogP contribution in [0.1, 0.15) is 17.2 Å². The molecular weight excluding hydrogens is 238 g/mol. The number of hydrogen-bond acceptors (Lipinski definition) is 3. The fourth-order valence-electron chi connectivity index (χ4n) is 2.36. The van der Waals surface area contributed by atoms with E-state index in [2.05, 4.69) is 5.32 Å². The minimum absolute atomic E-state index is 0.0515. The summed E-state index contributed by atoms with van der Waals surface area (Å²) in [6.45, 7) is 4.39. The molecule has 1 fully saturated rings. The Morgan fingerprint density at radius 3 is 2.56 bits per heavy atom. The van der Waals surface area contributed by atoms with Crippen LogP contribution in [-0.4, -0.2) is 42.6 Å². The lowest BCUT2D eigenvalue weighted by Gasteiger charge is -2.35. The first-order chi connectivity index (χ1) is 8.59. The second-order valence-electron chi connectivity index (χ2n) is 4.63. The molecule has 1 atom stereocenters. The smallest absolute Gasteiger partial charge is 0.258 e. The van der Waals surface area contributed by atoms with Crippen LogP contribution in [0.25, 0.3) is 0 Å². The van der Waals surface area contributed by atoms with E-state index in [0.717, 1.165) is 5.56 Å². The molecule has 1 saturated heterocycles. The molecule has 5 heteroatoms. The van der Waals surface area contributed by atoms with E-state index in [4.69, 9.17) is 0 Å². The summed E-state index contributed by atoms with van der Waals surface area (Å²) in [4.78, 5) is 1.73. The van der Waals surface area contributed by atoms with Crippen LogP contribution >= 0.6 is 0 Å². The standard InChI is InChI=1S/C13H18F2N2O/c1-9-2-3-11(18)10(8-9)12(13(14)15)17-6-4-16-5-7-17/h2-3,8,12-13,16,18H,4-7H2,1H3/t12-/m0/s1. The molecule has 2 rings (SSSR count). The number of piperazine rings is 1. The molecule has 1 aromatic rings. The van der Waals surface area contributed by atoms with Gasteiger partial charge in [0.1, 0.15) is 5.75 Å². The summed E-state index contributed by atoms with van der Waals surface area (Å²) < 4.78 is 26.6. The third-order valence-corrected chi connectivity index (χ3v) is 3.29. The van der Waals surface area contributed by atoms with Gasteiger partial charge >= 0.3 is 0 Å². The summed E-state index contributed by atoms with van der Waals surface area (Å²) in [6.07, 6.45) is -2.50. The van der Waals surface area contributed by atoms with Crippen molar-refractivity contribution in [2.45, 2.75) is 19.4 Å². The predicted octanol–water partition coefficient (Wildman–Crippen LogP) is 1.91. The molecule has 18 heavy (non-hydrogen) atoms. The van der Waals surface area contributed by atoms with Crippen LogP contribution in [0.15, 0.2) is 18.2 Å². The Morgan fingerprint density at radius 1 is 1.28 bits per heavy atom. The van der Waals surface area contributed by atoms with Gasteiger partial charge in [0.05, 0.1) is 6.04 Å². The number of aryl methyl sites for hydroxylation is 1. The molecule has 0 aliphatic carbocycles. The van der Waals surface area contributed by atoms with Crippen molar-refractivity contribution in [1.29, 1.82) is 0 Å². The van der Waals surface area contributed by atoms with Gasteiger partial charge < -0.3 is 10.4 Å². The van der Waals surface area contributed by atoms with Crippen molar-refractivity contribution in [3.63, 3.8) is 0 Å². The molecule has 3 nitrogen and oxygen atoms in total. The van der Waals surface area contributed by atoms with Gasteiger partial charge in [-0.3, -0.25) is 4.90 Å². The van der Waals surface area contributed by atoms with E-state index in [1.807, 2.05) is 6.92 Å². The third-order valence-electron chi connectivity index (χ3n) is 3.29. The highest BCUT2D eigenvalue weighted by molar-refractivity contribution is 5.38. The molecule has 0 saturated carbocycles. The number of aromatic hydroxyl groups is 1. The third kappa shape index (κ3) is 2.79. The van der Waals surface area contributed by atoms with Gasteiger partial charge in [-0.05, 0) is 13.0 Å². The predicted molar refractivity (Wildman–Crippen MR) is 66.0 cm³/mol. The molecule has 0 bridgehead atoms. The molecule has 100 valence electrons. The number of phenols is 1. The Hall–Kier alpha value is -1.20. The normalized spacial score (nSPS) is 19.1. The molecule has 1 aromatic carbocycles. The highest BCUT2D eigenvalue weighted by Crippen LogP contribution is 2.34. The van der Waals surface area contributed by atoms with Crippen LogP contribution in [0, 0.1) is 6.92 Å². The second kappa shape index (κ2) is 5.63. The Balaban J connectivity index is 2.31. The Kier molecular flexibility index (Phi) is 4.14. The van der Waals surface area contributed by atoms with Crippen LogP contribution in [0.2, 0.25) is 0 Å². The minimum atomic E-state index is -2.50. The number of halogens is 2. The lowest BCUT2D eigenvalue weighted by molar-refractivity contribution is 0.0170. The van der Waals surface area contributed by atoms with Crippen LogP contribution in [-0.2, 0) is 0 Å². The van der Waals surface area contributed by atoms with E-state index >= 15 is 0 Å². The summed E-state index contributed by atoms with van der Waals surface area (Å²) in [5.74, 6) is -0.0515. The summed E-state index contributed by atoms with van der Waals surface area (Å²) in [5.41, 5.74) is 1.20. The van der Waals surface area contributed by atoms with E-state index in [-0.39, 0.29) is 5.75 Å². The number of benzene rings is 1. The molecule has 0 amide bonds. The first-order valence-corrected chi connectivity index (χ1v) is 6.12. The molecule has 0 spiro atoms. The van der Waals surface area contributed by atoms with Gasteiger partial charge in [-0.2, -0.15) is 0 Å². The van der Waals surface area contributed by atoms with E-state index in [0.29, 0.717) is 31.7 Å². The summed E-state index contributed by atoms with van der Waals surface area (Å²) in [5, 5.41) is 12.9. The number of alkyl halides is 2. The first kappa shape index (κ1) is 13.2. The van der Waals surface area contributed by atoms with E-state index in [1.54, 1.807) is 17.0 Å². The number of nitrogens with zero attached hydrogens (tertiary/aromatic N) is 1. The molecule has 0 aromatic heterocycles. The van der Waals surface area contributed by atoms with Gasteiger partial charge in [0.15, 0.2) is 0 Å². The van der Waals surface area contributed by atoms with Crippen molar-refractivity contribution in [1.82, 2.24) is 10.2 Å². The van der Waals surface area contributed by atoms with Gasteiger partial charge in [-0.1, -0.05) is 17.7 Å². The van der Waals surface area contributed by atoms with Crippen LogP contribution in [0.3, 0.4) is 0 Å². The lowest BCUT2D eigenvalue weighted by atomic mass is 10.0. The zero-order valence-corrected chi connectivity index (χ0v) is 10.4. The monoisotopic (exact) mass is 256 g/mol. The molecule has 0 radical (unpaired) electrons. The van der Waals surface area contributed by atoms with E-state index in [1.165, 1.54) is 6.07 Å². The number of rotatable bonds is 3. The molecular formula is C13H18F2N2O.